The van der Waals surface area contributed by atoms with Crippen LogP contribution in [0.25, 0.3) is 10.9 Å². The maximum Gasteiger partial charge on any atom is 0.433 e. The number of nitrogens with one attached hydrogen (secondary N) is 1. The number of rotatable bonds is 6. The second-order valence-corrected chi connectivity index (χ2v) is 5.51. The Labute approximate surface area is 144 Å². The number of pyridine rings is 1. The Kier molecular flexibility index (Phi) is 6.09. The summed E-state index contributed by atoms with van der Waals surface area (Å²) >= 11 is 0. The lowest BCUT2D eigenvalue weighted by Crippen LogP contribution is -2.25. The van der Waals surface area contributed by atoms with Gasteiger partial charge in [0.05, 0.1) is 23.8 Å². The van der Waals surface area contributed by atoms with Crippen molar-refractivity contribution in [3.8, 4) is 0 Å². The smallest absolute Gasteiger partial charge is 0.387 e. The summed E-state index contributed by atoms with van der Waals surface area (Å²) in [7, 11) is 1.45. The zero-order valence-corrected chi connectivity index (χ0v) is 13.6. The summed E-state index contributed by atoms with van der Waals surface area (Å²) in [6.07, 6.45) is -11.3. The molecule has 4 nitrogen and oxygen atoms in total. The van der Waals surface area contributed by atoms with Gasteiger partial charge in [-0.2, -0.15) is 26.3 Å². The third-order valence-corrected chi connectivity index (χ3v) is 3.65. The van der Waals surface area contributed by atoms with Crippen LogP contribution in [0, 0.1) is 0 Å². The lowest BCUT2D eigenvalue weighted by Gasteiger charge is -2.19. The number of hydrogen-bond donors (Lipinski definition) is 2. The Morgan fingerprint density at radius 2 is 1.85 bits per heavy atom. The van der Waals surface area contributed by atoms with Crippen LogP contribution < -0.4 is 5.32 Å². The van der Waals surface area contributed by atoms with Crippen molar-refractivity contribution in [3.63, 3.8) is 0 Å². The number of alkyl halides is 6. The molecule has 1 aromatic carbocycles. The van der Waals surface area contributed by atoms with Gasteiger partial charge in [-0.05, 0) is 17.7 Å². The van der Waals surface area contributed by atoms with Crippen molar-refractivity contribution in [1.82, 2.24) is 10.3 Å². The Balaban J connectivity index is 2.57. The Bertz CT molecular complexity index is 761. The first-order valence-electron chi connectivity index (χ1n) is 7.51. The van der Waals surface area contributed by atoms with Gasteiger partial charge in [-0.3, -0.25) is 0 Å². The highest BCUT2D eigenvalue weighted by atomic mass is 19.4. The van der Waals surface area contributed by atoms with Crippen LogP contribution >= 0.6 is 0 Å². The van der Waals surface area contributed by atoms with Gasteiger partial charge in [-0.25, -0.2) is 4.98 Å². The summed E-state index contributed by atoms with van der Waals surface area (Å²) in [4.78, 5) is 3.17. The normalized spacial score (nSPS) is 14.0. The van der Waals surface area contributed by atoms with Crippen LogP contribution in [0.4, 0.5) is 26.3 Å². The first kappa shape index (κ1) is 20.4. The first-order chi connectivity index (χ1) is 12.1. The van der Waals surface area contributed by atoms with Gasteiger partial charge in [0.2, 0.25) is 0 Å². The molecule has 0 aliphatic carbocycles. The van der Waals surface area contributed by atoms with E-state index in [1.807, 2.05) is 0 Å². The lowest BCUT2D eigenvalue weighted by atomic mass is 9.99. The van der Waals surface area contributed by atoms with Crippen molar-refractivity contribution < 1.29 is 36.2 Å². The summed E-state index contributed by atoms with van der Waals surface area (Å²) in [5, 5.41) is 12.8. The molecule has 0 amide bonds. The topological polar surface area (TPSA) is 54.4 Å². The molecule has 10 heteroatoms. The molecule has 0 bridgehead atoms. The van der Waals surface area contributed by atoms with Crippen LogP contribution in [-0.4, -0.2) is 36.9 Å². The fourth-order valence-corrected chi connectivity index (χ4v) is 2.45. The number of nitrogens with zero attached hydrogens (tertiary/aromatic N) is 1. The van der Waals surface area contributed by atoms with E-state index in [9.17, 15) is 31.4 Å². The second-order valence-electron chi connectivity index (χ2n) is 5.51. The summed E-state index contributed by atoms with van der Waals surface area (Å²) in [5.74, 6) is 0. The molecule has 0 aliphatic heterocycles. The third-order valence-electron chi connectivity index (χ3n) is 3.65. The minimum Gasteiger partial charge on any atom is -0.387 e. The Hall–Kier alpha value is -1.91. The molecule has 0 spiro atoms. The largest absolute Gasteiger partial charge is 0.433 e. The van der Waals surface area contributed by atoms with Crippen molar-refractivity contribution in [1.29, 1.82) is 0 Å². The fraction of sp³-hybridized carbons (Fsp3) is 0.438. The SMILES string of the molecule is COCCNCC(O)c1cc(C(F)(F)F)nc2c(C(F)(F)F)cccc12. The highest BCUT2D eigenvalue weighted by molar-refractivity contribution is 5.86. The average molecular weight is 382 g/mol. The van der Waals surface area contributed by atoms with E-state index >= 15 is 0 Å². The lowest BCUT2D eigenvalue weighted by molar-refractivity contribution is -0.142. The molecule has 1 unspecified atom stereocenters. The molecule has 2 N–H and O–H groups in total. The summed E-state index contributed by atoms with van der Waals surface area (Å²) in [6.45, 7) is 0.461. The first-order valence-corrected chi connectivity index (χ1v) is 7.51. The van der Waals surface area contributed by atoms with Crippen molar-refractivity contribution in [2.75, 3.05) is 26.8 Å². The molecule has 2 aromatic rings. The number of aliphatic hydroxyl groups excluding tert-OH is 1. The molecular weight excluding hydrogens is 366 g/mol. The maximum absolute atomic E-state index is 13.2. The van der Waals surface area contributed by atoms with E-state index in [0.717, 1.165) is 6.07 Å². The summed E-state index contributed by atoms with van der Waals surface area (Å²) in [5.41, 5.74) is -3.91. The molecule has 1 atom stereocenters. The number of para-hydroxylation sites is 1. The van der Waals surface area contributed by atoms with Crippen molar-refractivity contribution in [2.45, 2.75) is 18.5 Å². The van der Waals surface area contributed by atoms with E-state index in [-0.39, 0.29) is 17.5 Å². The molecule has 0 saturated heterocycles. The van der Waals surface area contributed by atoms with Crippen LogP contribution in [0.3, 0.4) is 0 Å². The standard InChI is InChI=1S/C16H16F6N2O2/c1-26-6-5-23-8-12(25)10-7-13(16(20,21)22)24-14-9(10)3-2-4-11(14)15(17,18)19/h2-4,7,12,23,25H,5-6,8H2,1H3. The molecule has 0 aliphatic rings. The van der Waals surface area contributed by atoms with E-state index in [1.54, 1.807) is 0 Å². The molecule has 1 heterocycles. The van der Waals surface area contributed by atoms with Gasteiger partial charge in [0, 0.05) is 25.6 Å². The van der Waals surface area contributed by atoms with E-state index in [2.05, 4.69) is 10.3 Å². The van der Waals surface area contributed by atoms with Crippen molar-refractivity contribution in [3.05, 3.63) is 41.1 Å². The average Bonchev–Trinajstić information content (AvgIpc) is 2.55. The molecular formula is C16H16F6N2O2. The molecule has 1 aromatic heterocycles. The minimum atomic E-state index is -4.95. The molecule has 0 saturated carbocycles. The molecule has 26 heavy (non-hydrogen) atoms. The van der Waals surface area contributed by atoms with Gasteiger partial charge in [0.25, 0.3) is 0 Å². The number of ether oxygens (including phenoxy) is 1. The predicted octanol–water partition coefficient (Wildman–Crippen LogP) is 3.54. The van der Waals surface area contributed by atoms with Gasteiger partial charge in [-0.15, -0.1) is 0 Å². The summed E-state index contributed by atoms with van der Waals surface area (Å²) in [6, 6.07) is 3.49. The number of aromatic nitrogens is 1. The van der Waals surface area contributed by atoms with Crippen LogP contribution in [0.5, 0.6) is 0 Å². The number of halogens is 6. The van der Waals surface area contributed by atoms with Gasteiger partial charge >= 0.3 is 12.4 Å². The van der Waals surface area contributed by atoms with E-state index in [0.29, 0.717) is 25.3 Å². The minimum absolute atomic E-state index is 0.157. The van der Waals surface area contributed by atoms with E-state index in [4.69, 9.17) is 4.74 Å². The molecule has 144 valence electrons. The zero-order chi connectivity index (χ0) is 19.5. The number of methoxy groups -OCH3 is 1. The molecule has 0 radical (unpaired) electrons. The Morgan fingerprint density at radius 3 is 2.42 bits per heavy atom. The number of hydrogen-bond acceptors (Lipinski definition) is 4. The van der Waals surface area contributed by atoms with Crippen LogP contribution in [0.2, 0.25) is 0 Å². The number of benzene rings is 1. The molecule has 0 fully saturated rings. The van der Waals surface area contributed by atoms with Gasteiger partial charge < -0.3 is 15.2 Å². The highest BCUT2D eigenvalue weighted by Crippen LogP contribution is 2.38. The van der Waals surface area contributed by atoms with Crippen molar-refractivity contribution >= 4 is 10.9 Å². The highest BCUT2D eigenvalue weighted by Gasteiger charge is 2.37. The summed E-state index contributed by atoms with van der Waals surface area (Å²) < 4.78 is 83.5. The number of fused-ring (bicyclic) bond motifs is 1. The second kappa shape index (κ2) is 7.77. The van der Waals surface area contributed by atoms with E-state index in [1.165, 1.54) is 13.2 Å². The number of aliphatic hydroxyl groups is 1. The van der Waals surface area contributed by atoms with Crippen LogP contribution in [0.1, 0.15) is 22.9 Å². The van der Waals surface area contributed by atoms with Crippen LogP contribution in [0.15, 0.2) is 24.3 Å². The zero-order valence-electron chi connectivity index (χ0n) is 13.6. The van der Waals surface area contributed by atoms with E-state index < -0.39 is 35.2 Å². The van der Waals surface area contributed by atoms with Gasteiger partial charge in [0.15, 0.2) is 0 Å². The predicted molar refractivity (Wildman–Crippen MR) is 81.5 cm³/mol. The maximum atomic E-state index is 13.2. The Morgan fingerprint density at radius 1 is 1.15 bits per heavy atom. The fourth-order valence-electron chi connectivity index (χ4n) is 2.45. The monoisotopic (exact) mass is 382 g/mol. The quantitative estimate of drug-likeness (QED) is 0.593. The van der Waals surface area contributed by atoms with Gasteiger partial charge in [0.1, 0.15) is 5.69 Å². The van der Waals surface area contributed by atoms with Gasteiger partial charge in [-0.1, -0.05) is 12.1 Å². The van der Waals surface area contributed by atoms with Crippen molar-refractivity contribution in [2.24, 2.45) is 0 Å². The van der Waals surface area contributed by atoms with Crippen LogP contribution in [-0.2, 0) is 17.1 Å². The third kappa shape index (κ3) is 4.63. The molecule has 2 rings (SSSR count).